The van der Waals surface area contributed by atoms with Gasteiger partial charge in [0, 0.05) is 29.5 Å². The zero-order valence-corrected chi connectivity index (χ0v) is 15.6. The number of hydrogen-bond acceptors (Lipinski definition) is 3. The van der Waals surface area contributed by atoms with E-state index in [0.717, 1.165) is 38.8 Å². The molecule has 0 spiro atoms. The number of amides is 2. The summed E-state index contributed by atoms with van der Waals surface area (Å²) in [6, 6.07) is 2.25. The van der Waals surface area contributed by atoms with E-state index in [1.165, 1.54) is 15.3 Å². The first kappa shape index (κ1) is 18.3. The van der Waals surface area contributed by atoms with E-state index in [-0.39, 0.29) is 24.1 Å². The molecule has 1 fully saturated rings. The van der Waals surface area contributed by atoms with Crippen molar-refractivity contribution in [3.05, 3.63) is 21.4 Å². The summed E-state index contributed by atoms with van der Waals surface area (Å²) >= 11 is 1.80. The molecule has 2 N–H and O–H groups in total. The Hall–Kier alpha value is -1.07. The second-order valence-electron chi connectivity index (χ2n) is 6.78. The first-order valence-electron chi connectivity index (χ1n) is 8.70. The van der Waals surface area contributed by atoms with Crippen molar-refractivity contribution < 1.29 is 9.90 Å². The van der Waals surface area contributed by atoms with Gasteiger partial charge in [-0.05, 0) is 56.6 Å². The first-order chi connectivity index (χ1) is 10.9. The predicted octanol–water partition coefficient (Wildman–Crippen LogP) is 3.87. The second-order valence-corrected chi connectivity index (χ2v) is 7.95. The van der Waals surface area contributed by atoms with Crippen LogP contribution in [0.4, 0.5) is 4.79 Å². The summed E-state index contributed by atoms with van der Waals surface area (Å²) in [5, 5.41) is 12.7. The zero-order valence-electron chi connectivity index (χ0n) is 14.8. The molecule has 2 heterocycles. The number of piperidine rings is 1. The van der Waals surface area contributed by atoms with Gasteiger partial charge in [-0.25, -0.2) is 4.79 Å². The molecule has 4 nitrogen and oxygen atoms in total. The molecule has 5 heteroatoms. The quantitative estimate of drug-likeness (QED) is 0.856. The number of urea groups is 1. The Morgan fingerprint density at radius 1 is 1.43 bits per heavy atom. The van der Waals surface area contributed by atoms with Crippen LogP contribution < -0.4 is 5.32 Å². The van der Waals surface area contributed by atoms with Crippen molar-refractivity contribution in [1.82, 2.24) is 10.2 Å². The first-order valence-corrected chi connectivity index (χ1v) is 9.52. The van der Waals surface area contributed by atoms with Gasteiger partial charge < -0.3 is 15.3 Å². The normalized spacial score (nSPS) is 18.7. The maximum Gasteiger partial charge on any atom is 0.317 e. The van der Waals surface area contributed by atoms with Crippen molar-refractivity contribution in [2.45, 2.75) is 59.4 Å². The maximum absolute atomic E-state index is 12.5. The van der Waals surface area contributed by atoms with E-state index in [2.05, 4.69) is 39.1 Å². The summed E-state index contributed by atoms with van der Waals surface area (Å²) in [7, 11) is 0. The van der Waals surface area contributed by atoms with Crippen molar-refractivity contribution >= 4 is 17.4 Å². The molecule has 1 unspecified atom stereocenters. The number of rotatable bonds is 5. The minimum atomic E-state index is 0.0172. The lowest BCUT2D eigenvalue weighted by Gasteiger charge is -2.40. The number of likely N-dealkylation sites (tertiary alicyclic amines) is 1. The molecule has 1 atom stereocenters. The van der Waals surface area contributed by atoms with Crippen molar-refractivity contribution in [2.24, 2.45) is 5.41 Å². The van der Waals surface area contributed by atoms with Gasteiger partial charge in [-0.3, -0.25) is 0 Å². The number of aryl methyl sites for hydroxylation is 2. The smallest absolute Gasteiger partial charge is 0.317 e. The topological polar surface area (TPSA) is 52.6 Å². The van der Waals surface area contributed by atoms with Gasteiger partial charge in [-0.15, -0.1) is 11.3 Å². The van der Waals surface area contributed by atoms with Crippen LogP contribution in [0.1, 0.15) is 61.4 Å². The summed E-state index contributed by atoms with van der Waals surface area (Å²) in [5.41, 5.74) is 1.34. The molecule has 1 aromatic rings. The Bertz CT molecular complexity index is 527. The van der Waals surface area contributed by atoms with Gasteiger partial charge in [-0.1, -0.05) is 13.8 Å². The van der Waals surface area contributed by atoms with Crippen molar-refractivity contribution in [3.8, 4) is 0 Å². The third kappa shape index (κ3) is 4.07. The van der Waals surface area contributed by atoms with Crippen LogP contribution in [0, 0.1) is 12.3 Å². The lowest BCUT2D eigenvalue weighted by Crippen LogP contribution is -2.48. The summed E-state index contributed by atoms with van der Waals surface area (Å²) in [4.78, 5) is 17.0. The fourth-order valence-corrected chi connectivity index (χ4v) is 4.39. The molecule has 1 saturated heterocycles. The summed E-state index contributed by atoms with van der Waals surface area (Å²) in [6.45, 7) is 10.2. The molecule has 0 aliphatic carbocycles. The molecule has 0 bridgehead atoms. The molecule has 2 amide bonds. The minimum absolute atomic E-state index is 0.0172. The molecule has 1 aliphatic heterocycles. The average Bonchev–Trinajstić information content (AvgIpc) is 2.96. The fourth-order valence-electron chi connectivity index (χ4n) is 3.27. The molecular formula is C18H30N2O2S. The molecule has 0 radical (unpaired) electrons. The number of aliphatic hydroxyl groups excluding tert-OH is 1. The van der Waals surface area contributed by atoms with Gasteiger partial charge >= 0.3 is 6.03 Å². The number of carbonyl (C=O) groups excluding carboxylic acids is 1. The monoisotopic (exact) mass is 338 g/mol. The molecule has 0 saturated carbocycles. The highest BCUT2D eigenvalue weighted by atomic mass is 32.1. The van der Waals surface area contributed by atoms with E-state index in [9.17, 15) is 9.90 Å². The van der Waals surface area contributed by atoms with E-state index in [1.54, 1.807) is 11.3 Å². The van der Waals surface area contributed by atoms with Gasteiger partial charge in [0.1, 0.15) is 0 Å². The van der Waals surface area contributed by atoms with E-state index in [4.69, 9.17) is 0 Å². The molecule has 1 aromatic heterocycles. The molecule has 0 aromatic carbocycles. The summed E-state index contributed by atoms with van der Waals surface area (Å²) in [5.74, 6) is 0. The lowest BCUT2D eigenvalue weighted by molar-refractivity contribution is 0.0516. The van der Waals surface area contributed by atoms with Gasteiger partial charge in [0.05, 0.1) is 6.04 Å². The van der Waals surface area contributed by atoms with Crippen LogP contribution in [0.25, 0.3) is 0 Å². The Morgan fingerprint density at radius 2 is 2.09 bits per heavy atom. The number of thiophene rings is 1. The van der Waals surface area contributed by atoms with Crippen LogP contribution in [0.5, 0.6) is 0 Å². The lowest BCUT2D eigenvalue weighted by atomic mass is 9.77. The molecular weight excluding hydrogens is 308 g/mol. The van der Waals surface area contributed by atoms with Gasteiger partial charge in [0.2, 0.25) is 0 Å². The zero-order chi connectivity index (χ0) is 17.0. The molecule has 2 rings (SSSR count). The highest BCUT2D eigenvalue weighted by Crippen LogP contribution is 2.34. The minimum Gasteiger partial charge on any atom is -0.396 e. The van der Waals surface area contributed by atoms with E-state index in [0.29, 0.717) is 0 Å². The van der Waals surface area contributed by atoms with Crippen LogP contribution >= 0.6 is 11.3 Å². The van der Waals surface area contributed by atoms with E-state index in [1.807, 2.05) is 4.90 Å². The Kier molecular flexibility index (Phi) is 6.09. The van der Waals surface area contributed by atoms with Gasteiger partial charge in [0.15, 0.2) is 0 Å². The molecule has 130 valence electrons. The van der Waals surface area contributed by atoms with Gasteiger partial charge in [-0.2, -0.15) is 0 Å². The van der Waals surface area contributed by atoms with Crippen LogP contribution in [-0.2, 0) is 6.42 Å². The van der Waals surface area contributed by atoms with E-state index >= 15 is 0 Å². The number of nitrogens with one attached hydrogen (secondary N) is 1. The number of aliphatic hydroxyl groups is 1. The Labute approximate surface area is 143 Å². The van der Waals surface area contributed by atoms with Crippen molar-refractivity contribution in [2.75, 3.05) is 19.7 Å². The van der Waals surface area contributed by atoms with Crippen LogP contribution in [-0.4, -0.2) is 35.7 Å². The molecule has 1 aliphatic rings. The highest BCUT2D eigenvalue weighted by molar-refractivity contribution is 7.12. The highest BCUT2D eigenvalue weighted by Gasteiger charge is 2.34. The fraction of sp³-hybridized carbons (Fsp3) is 0.722. The maximum atomic E-state index is 12.5. The van der Waals surface area contributed by atoms with Crippen LogP contribution in [0.2, 0.25) is 0 Å². The average molecular weight is 339 g/mol. The number of nitrogens with zero attached hydrogens (tertiary/aromatic N) is 1. The van der Waals surface area contributed by atoms with E-state index < -0.39 is 0 Å². The summed E-state index contributed by atoms with van der Waals surface area (Å²) in [6.07, 6.45) is 3.80. The Morgan fingerprint density at radius 3 is 2.57 bits per heavy atom. The van der Waals surface area contributed by atoms with Crippen LogP contribution in [0.3, 0.4) is 0 Å². The van der Waals surface area contributed by atoms with Crippen LogP contribution in [0.15, 0.2) is 6.07 Å². The van der Waals surface area contributed by atoms with Crippen molar-refractivity contribution in [3.63, 3.8) is 0 Å². The SMILES string of the molecule is CCc1sc(C(C)NC(=O)N2CCC(CC)(CO)CC2)cc1C. The van der Waals surface area contributed by atoms with Gasteiger partial charge in [0.25, 0.3) is 0 Å². The number of carbonyl (C=O) groups is 1. The third-order valence-electron chi connectivity index (χ3n) is 5.32. The third-order valence-corrected chi connectivity index (χ3v) is 6.89. The second kappa shape index (κ2) is 7.67. The molecule has 23 heavy (non-hydrogen) atoms. The number of hydrogen-bond donors (Lipinski definition) is 2. The van der Waals surface area contributed by atoms with Crippen molar-refractivity contribution in [1.29, 1.82) is 0 Å². The summed E-state index contributed by atoms with van der Waals surface area (Å²) < 4.78 is 0. The predicted molar refractivity (Wildman–Crippen MR) is 96.0 cm³/mol. The Balaban J connectivity index is 1.92. The largest absolute Gasteiger partial charge is 0.396 e. The standard InChI is InChI=1S/C18H30N2O2S/c1-5-15-13(3)11-16(23-15)14(4)19-17(22)20-9-7-18(6-2,12-21)8-10-20/h11,14,21H,5-10,12H2,1-4H3,(H,19,22).